The van der Waals surface area contributed by atoms with Crippen molar-refractivity contribution in [1.82, 2.24) is 10.2 Å². The number of hydrogen-bond acceptors (Lipinski definition) is 2. The van der Waals surface area contributed by atoms with Crippen molar-refractivity contribution in [3.63, 3.8) is 0 Å². The zero-order valence-electron chi connectivity index (χ0n) is 12.8. The second-order valence-electron chi connectivity index (χ2n) is 6.56. The van der Waals surface area contributed by atoms with Gasteiger partial charge in [0.15, 0.2) is 0 Å². The van der Waals surface area contributed by atoms with E-state index in [1.807, 2.05) is 0 Å². The Morgan fingerprint density at radius 1 is 1.39 bits per heavy atom. The second-order valence-corrected chi connectivity index (χ2v) is 6.56. The van der Waals surface area contributed by atoms with E-state index >= 15 is 0 Å². The van der Waals surface area contributed by atoms with Crippen molar-refractivity contribution in [3.05, 3.63) is 0 Å². The van der Waals surface area contributed by atoms with Crippen LogP contribution in [0, 0.1) is 17.8 Å². The molecule has 0 aliphatic carbocycles. The number of piperazine rings is 1. The van der Waals surface area contributed by atoms with Gasteiger partial charge >= 0.3 is 0 Å². The van der Waals surface area contributed by atoms with Crippen molar-refractivity contribution in [2.75, 3.05) is 13.1 Å². The molecule has 0 amide bonds. The van der Waals surface area contributed by atoms with Crippen molar-refractivity contribution < 1.29 is 0 Å². The summed E-state index contributed by atoms with van der Waals surface area (Å²) in [7, 11) is 0. The largest absolute Gasteiger partial charge is 0.311 e. The molecule has 1 aliphatic rings. The lowest BCUT2D eigenvalue weighted by Gasteiger charge is -2.47. The molecule has 2 nitrogen and oxygen atoms in total. The Bertz CT molecular complexity index is 284. The minimum atomic E-state index is 0.311. The topological polar surface area (TPSA) is 15.3 Å². The van der Waals surface area contributed by atoms with E-state index in [0.29, 0.717) is 23.5 Å². The molecular formula is C16H30N2. The molecule has 0 saturated carbocycles. The smallest absolute Gasteiger partial charge is 0.0244 e. The molecule has 104 valence electrons. The van der Waals surface area contributed by atoms with Crippen molar-refractivity contribution in [2.45, 2.75) is 72.0 Å². The third-order valence-electron chi connectivity index (χ3n) is 4.27. The van der Waals surface area contributed by atoms with Gasteiger partial charge in [0.25, 0.3) is 0 Å². The quantitative estimate of drug-likeness (QED) is 0.772. The Kier molecular flexibility index (Phi) is 5.69. The summed E-state index contributed by atoms with van der Waals surface area (Å²) in [6.07, 6.45) is 8.76. The highest BCUT2D eigenvalue weighted by atomic mass is 15.3. The van der Waals surface area contributed by atoms with E-state index in [0.717, 1.165) is 25.9 Å². The lowest BCUT2D eigenvalue weighted by Crippen LogP contribution is -2.62. The predicted molar refractivity (Wildman–Crippen MR) is 79.6 cm³/mol. The Morgan fingerprint density at radius 2 is 2.06 bits per heavy atom. The Morgan fingerprint density at radius 3 is 2.50 bits per heavy atom. The summed E-state index contributed by atoms with van der Waals surface area (Å²) < 4.78 is 0. The van der Waals surface area contributed by atoms with Gasteiger partial charge in [-0.1, -0.05) is 34.6 Å². The first-order valence-electron chi connectivity index (χ1n) is 7.36. The number of hydrogen-bond donors (Lipinski definition) is 1. The highest BCUT2D eigenvalue weighted by molar-refractivity contribution is 4.97. The molecule has 0 aromatic rings. The maximum atomic E-state index is 5.53. The van der Waals surface area contributed by atoms with Crippen LogP contribution in [0.2, 0.25) is 0 Å². The third kappa shape index (κ3) is 3.73. The average Bonchev–Trinajstić information content (AvgIpc) is 2.34. The molecule has 3 unspecified atom stereocenters. The van der Waals surface area contributed by atoms with Crippen molar-refractivity contribution in [1.29, 1.82) is 0 Å². The van der Waals surface area contributed by atoms with E-state index in [-0.39, 0.29) is 0 Å². The molecule has 0 aromatic carbocycles. The van der Waals surface area contributed by atoms with Gasteiger partial charge in [-0.2, -0.15) is 0 Å². The van der Waals surface area contributed by atoms with Gasteiger partial charge in [-0.3, -0.25) is 4.90 Å². The monoisotopic (exact) mass is 250 g/mol. The fourth-order valence-corrected chi connectivity index (χ4v) is 2.86. The SMILES string of the molecule is C#CCC(CC)N1CC(C(C)(C)C)NCC1CC. The van der Waals surface area contributed by atoms with Gasteiger partial charge in [0, 0.05) is 37.6 Å². The molecule has 0 aromatic heterocycles. The van der Waals surface area contributed by atoms with E-state index in [1.54, 1.807) is 0 Å². The Balaban J connectivity index is 2.79. The molecule has 1 rings (SSSR count). The molecule has 0 bridgehead atoms. The van der Waals surface area contributed by atoms with Crippen molar-refractivity contribution in [3.8, 4) is 12.3 Å². The van der Waals surface area contributed by atoms with Crippen molar-refractivity contribution >= 4 is 0 Å². The van der Waals surface area contributed by atoms with Gasteiger partial charge in [-0.05, 0) is 18.3 Å². The molecule has 1 N–H and O–H groups in total. The fourth-order valence-electron chi connectivity index (χ4n) is 2.86. The fraction of sp³-hybridized carbons (Fsp3) is 0.875. The highest BCUT2D eigenvalue weighted by Gasteiger charge is 2.35. The molecule has 1 saturated heterocycles. The Labute approximate surface area is 114 Å². The summed E-state index contributed by atoms with van der Waals surface area (Å²) >= 11 is 0. The van der Waals surface area contributed by atoms with Crippen LogP contribution >= 0.6 is 0 Å². The van der Waals surface area contributed by atoms with Crippen LogP contribution in [0.15, 0.2) is 0 Å². The van der Waals surface area contributed by atoms with E-state index < -0.39 is 0 Å². The molecule has 0 spiro atoms. The van der Waals surface area contributed by atoms with E-state index in [2.05, 4.69) is 50.8 Å². The number of terminal acetylenes is 1. The van der Waals surface area contributed by atoms with Crippen LogP contribution in [0.4, 0.5) is 0 Å². The van der Waals surface area contributed by atoms with Crippen LogP contribution in [0.5, 0.6) is 0 Å². The van der Waals surface area contributed by atoms with Crippen LogP contribution in [0.3, 0.4) is 0 Å². The summed E-state index contributed by atoms with van der Waals surface area (Å²) in [6.45, 7) is 13.7. The first kappa shape index (κ1) is 15.5. The standard InChI is InChI=1S/C16H30N2/c1-7-10-13(8-2)18-12-15(16(4,5)6)17-11-14(18)9-3/h1,13-15,17H,8-12H2,2-6H3. The molecule has 0 radical (unpaired) electrons. The summed E-state index contributed by atoms with van der Waals surface area (Å²) in [5, 5.41) is 3.72. The van der Waals surface area contributed by atoms with Crippen molar-refractivity contribution in [2.24, 2.45) is 5.41 Å². The van der Waals surface area contributed by atoms with E-state index in [4.69, 9.17) is 6.42 Å². The van der Waals surface area contributed by atoms with Gasteiger partial charge in [-0.25, -0.2) is 0 Å². The molecule has 3 atom stereocenters. The average molecular weight is 250 g/mol. The van der Waals surface area contributed by atoms with Gasteiger partial charge in [0.05, 0.1) is 0 Å². The first-order chi connectivity index (χ1) is 8.43. The van der Waals surface area contributed by atoms with Gasteiger partial charge in [0.2, 0.25) is 0 Å². The summed E-state index contributed by atoms with van der Waals surface area (Å²) in [5.74, 6) is 2.85. The highest BCUT2D eigenvalue weighted by Crippen LogP contribution is 2.26. The normalized spacial score (nSPS) is 27.8. The Hall–Kier alpha value is -0.520. The minimum absolute atomic E-state index is 0.311. The lowest BCUT2D eigenvalue weighted by molar-refractivity contribution is 0.0475. The van der Waals surface area contributed by atoms with Gasteiger partial charge < -0.3 is 5.32 Å². The lowest BCUT2D eigenvalue weighted by atomic mass is 9.84. The van der Waals surface area contributed by atoms with E-state index in [1.165, 1.54) is 6.42 Å². The molecule has 1 fully saturated rings. The molecule has 18 heavy (non-hydrogen) atoms. The maximum Gasteiger partial charge on any atom is 0.0244 e. The second kappa shape index (κ2) is 6.59. The molecule has 1 aliphatic heterocycles. The number of nitrogens with one attached hydrogen (secondary N) is 1. The number of rotatable bonds is 4. The zero-order chi connectivity index (χ0) is 13.8. The summed E-state index contributed by atoms with van der Waals surface area (Å²) in [6, 6.07) is 1.75. The van der Waals surface area contributed by atoms with Crippen LogP contribution in [0.25, 0.3) is 0 Å². The van der Waals surface area contributed by atoms with E-state index in [9.17, 15) is 0 Å². The van der Waals surface area contributed by atoms with Gasteiger partial charge in [-0.15, -0.1) is 12.3 Å². The maximum absolute atomic E-state index is 5.53. The zero-order valence-corrected chi connectivity index (χ0v) is 12.8. The first-order valence-corrected chi connectivity index (χ1v) is 7.36. The van der Waals surface area contributed by atoms with Crippen LogP contribution < -0.4 is 5.32 Å². The summed E-state index contributed by atoms with van der Waals surface area (Å²) in [5.41, 5.74) is 0.311. The molecular weight excluding hydrogens is 220 g/mol. The minimum Gasteiger partial charge on any atom is -0.311 e. The van der Waals surface area contributed by atoms with Crippen LogP contribution in [-0.4, -0.2) is 36.1 Å². The molecule has 2 heteroatoms. The van der Waals surface area contributed by atoms with Gasteiger partial charge in [0.1, 0.15) is 0 Å². The molecule has 1 heterocycles. The number of nitrogens with zero attached hydrogens (tertiary/aromatic N) is 1. The summed E-state index contributed by atoms with van der Waals surface area (Å²) in [4.78, 5) is 2.66. The van der Waals surface area contributed by atoms with Crippen LogP contribution in [-0.2, 0) is 0 Å². The third-order valence-corrected chi connectivity index (χ3v) is 4.27. The van der Waals surface area contributed by atoms with Crippen LogP contribution in [0.1, 0.15) is 53.9 Å². The predicted octanol–water partition coefficient (Wildman–Crippen LogP) is 2.89.